The molecule has 2 N–H and O–H groups in total. The van der Waals surface area contributed by atoms with E-state index in [-0.39, 0.29) is 18.2 Å². The van der Waals surface area contributed by atoms with Gasteiger partial charge in [-0.1, -0.05) is 42.5 Å². The molecule has 86 valence electrons. The topological polar surface area (TPSA) is 32.3 Å². The second-order valence-corrected chi connectivity index (χ2v) is 4.40. The molecule has 16 heavy (non-hydrogen) atoms. The van der Waals surface area contributed by atoms with E-state index in [0.29, 0.717) is 0 Å². The highest BCUT2D eigenvalue weighted by Gasteiger charge is 2.20. The number of hydrogen-bond acceptors (Lipinski definition) is 2. The van der Waals surface area contributed by atoms with E-state index >= 15 is 0 Å². The van der Waals surface area contributed by atoms with E-state index in [1.165, 1.54) is 5.56 Å². The second kappa shape index (κ2) is 5.28. The Hall–Kier alpha value is -1.12. The van der Waals surface area contributed by atoms with Gasteiger partial charge in [0.05, 0.1) is 12.1 Å². The molecule has 0 saturated heterocycles. The number of aliphatic hydroxyl groups excluding tert-OH is 1. The van der Waals surface area contributed by atoms with Crippen LogP contribution < -0.4 is 5.32 Å². The second-order valence-electron chi connectivity index (χ2n) is 4.40. The molecular weight excluding hydrogens is 198 g/mol. The van der Waals surface area contributed by atoms with Gasteiger partial charge in [0.1, 0.15) is 0 Å². The van der Waals surface area contributed by atoms with Gasteiger partial charge in [0, 0.05) is 6.04 Å². The van der Waals surface area contributed by atoms with Crippen LogP contribution in [-0.4, -0.2) is 17.3 Å². The first-order valence-electron chi connectivity index (χ1n) is 5.93. The van der Waals surface area contributed by atoms with Gasteiger partial charge in [-0.15, -0.1) is 0 Å². The quantitative estimate of drug-likeness (QED) is 0.762. The van der Waals surface area contributed by atoms with Crippen molar-refractivity contribution in [1.29, 1.82) is 0 Å². The number of hydrogen-bond donors (Lipinski definition) is 2. The van der Waals surface area contributed by atoms with Crippen LogP contribution in [-0.2, 0) is 0 Å². The lowest BCUT2D eigenvalue weighted by Gasteiger charge is -2.27. The average molecular weight is 217 g/mol. The van der Waals surface area contributed by atoms with Crippen molar-refractivity contribution in [2.45, 2.75) is 38.0 Å². The largest absolute Gasteiger partial charge is 0.391 e. The summed E-state index contributed by atoms with van der Waals surface area (Å²) in [5.74, 6) is 0. The molecule has 0 amide bonds. The van der Waals surface area contributed by atoms with Gasteiger partial charge >= 0.3 is 0 Å². The predicted molar refractivity (Wildman–Crippen MR) is 66.2 cm³/mol. The monoisotopic (exact) mass is 217 g/mol. The van der Waals surface area contributed by atoms with Gasteiger partial charge in [-0.3, -0.25) is 0 Å². The molecule has 1 aliphatic carbocycles. The molecule has 2 heteroatoms. The number of rotatable bonds is 3. The maximum atomic E-state index is 9.85. The summed E-state index contributed by atoms with van der Waals surface area (Å²) >= 11 is 0. The minimum atomic E-state index is -0.254. The summed E-state index contributed by atoms with van der Waals surface area (Å²) in [6.45, 7) is 2.13. The van der Waals surface area contributed by atoms with Gasteiger partial charge in [0.15, 0.2) is 0 Å². The van der Waals surface area contributed by atoms with Crippen molar-refractivity contribution in [1.82, 2.24) is 5.32 Å². The van der Waals surface area contributed by atoms with Crippen molar-refractivity contribution in [2.75, 3.05) is 0 Å². The molecule has 3 atom stereocenters. The van der Waals surface area contributed by atoms with E-state index in [9.17, 15) is 5.11 Å². The van der Waals surface area contributed by atoms with Crippen LogP contribution in [0.15, 0.2) is 42.5 Å². The highest BCUT2D eigenvalue weighted by Crippen LogP contribution is 2.17. The van der Waals surface area contributed by atoms with E-state index < -0.39 is 0 Å². The molecule has 1 aromatic carbocycles. The first kappa shape index (κ1) is 11.4. The zero-order valence-corrected chi connectivity index (χ0v) is 9.63. The first-order chi connectivity index (χ1) is 7.77. The van der Waals surface area contributed by atoms with Crippen molar-refractivity contribution in [3.63, 3.8) is 0 Å². The van der Waals surface area contributed by atoms with Crippen LogP contribution in [0, 0.1) is 0 Å². The van der Waals surface area contributed by atoms with Gasteiger partial charge in [-0.25, -0.2) is 0 Å². The van der Waals surface area contributed by atoms with Crippen LogP contribution in [0.1, 0.15) is 31.4 Å². The summed E-state index contributed by atoms with van der Waals surface area (Å²) in [6.07, 6.45) is 5.81. The normalized spacial score (nSPS) is 26.6. The third-order valence-corrected chi connectivity index (χ3v) is 3.13. The molecule has 0 aromatic heterocycles. The molecule has 1 aliphatic rings. The Bertz CT molecular complexity index is 347. The molecule has 0 bridgehead atoms. The molecule has 0 aliphatic heterocycles. The average Bonchev–Trinajstić information content (AvgIpc) is 2.33. The van der Waals surface area contributed by atoms with Crippen LogP contribution in [0.4, 0.5) is 0 Å². The summed E-state index contributed by atoms with van der Waals surface area (Å²) in [5, 5.41) is 13.3. The lowest BCUT2D eigenvalue weighted by Crippen LogP contribution is -2.41. The van der Waals surface area contributed by atoms with Crippen molar-refractivity contribution >= 4 is 0 Å². The molecule has 0 saturated carbocycles. The Morgan fingerprint density at radius 2 is 2.06 bits per heavy atom. The number of nitrogens with one attached hydrogen (secondary N) is 1. The molecule has 0 radical (unpaired) electrons. The molecule has 1 aromatic rings. The fraction of sp³-hybridized carbons (Fsp3) is 0.429. The highest BCUT2D eigenvalue weighted by atomic mass is 16.3. The lowest BCUT2D eigenvalue weighted by atomic mass is 9.97. The Morgan fingerprint density at radius 3 is 2.75 bits per heavy atom. The lowest BCUT2D eigenvalue weighted by molar-refractivity contribution is 0.127. The van der Waals surface area contributed by atoms with Crippen molar-refractivity contribution in [3.8, 4) is 0 Å². The zero-order valence-electron chi connectivity index (χ0n) is 9.63. The Kier molecular flexibility index (Phi) is 3.75. The summed E-state index contributed by atoms with van der Waals surface area (Å²) in [7, 11) is 0. The third-order valence-electron chi connectivity index (χ3n) is 3.13. The van der Waals surface area contributed by atoms with Crippen LogP contribution >= 0.6 is 0 Å². The van der Waals surface area contributed by atoms with Gasteiger partial charge in [0.2, 0.25) is 0 Å². The van der Waals surface area contributed by atoms with Gasteiger partial charge in [-0.2, -0.15) is 0 Å². The molecule has 2 rings (SSSR count). The highest BCUT2D eigenvalue weighted by molar-refractivity contribution is 5.19. The minimum absolute atomic E-state index is 0.0870. The molecule has 0 unspecified atom stereocenters. The van der Waals surface area contributed by atoms with Gasteiger partial charge < -0.3 is 10.4 Å². The van der Waals surface area contributed by atoms with Crippen LogP contribution in [0.5, 0.6) is 0 Å². The molecule has 0 spiro atoms. The number of benzene rings is 1. The van der Waals surface area contributed by atoms with Crippen LogP contribution in [0.2, 0.25) is 0 Å². The van der Waals surface area contributed by atoms with Gasteiger partial charge in [-0.05, 0) is 25.3 Å². The Labute approximate surface area is 97.0 Å². The van der Waals surface area contributed by atoms with E-state index in [2.05, 4.69) is 36.5 Å². The molecular formula is C14H19NO. The summed E-state index contributed by atoms with van der Waals surface area (Å²) in [4.78, 5) is 0. The summed E-state index contributed by atoms with van der Waals surface area (Å²) in [5.41, 5.74) is 1.26. The summed E-state index contributed by atoms with van der Waals surface area (Å²) in [6, 6.07) is 10.7. The summed E-state index contributed by atoms with van der Waals surface area (Å²) < 4.78 is 0. The van der Waals surface area contributed by atoms with Gasteiger partial charge in [0.25, 0.3) is 0 Å². The van der Waals surface area contributed by atoms with Crippen LogP contribution in [0.25, 0.3) is 0 Å². The van der Waals surface area contributed by atoms with E-state index in [1.807, 2.05) is 18.2 Å². The zero-order chi connectivity index (χ0) is 11.4. The van der Waals surface area contributed by atoms with Crippen molar-refractivity contribution in [2.24, 2.45) is 0 Å². The Morgan fingerprint density at radius 1 is 1.31 bits per heavy atom. The maximum Gasteiger partial charge on any atom is 0.0732 e. The van der Waals surface area contributed by atoms with Crippen molar-refractivity contribution < 1.29 is 5.11 Å². The molecule has 2 nitrogen and oxygen atoms in total. The maximum absolute atomic E-state index is 9.85. The molecule has 0 fully saturated rings. The van der Waals surface area contributed by atoms with Crippen LogP contribution in [0.3, 0.4) is 0 Å². The number of aliphatic hydroxyl groups is 1. The predicted octanol–water partition coefficient (Wildman–Crippen LogP) is 2.42. The fourth-order valence-electron chi connectivity index (χ4n) is 2.11. The smallest absolute Gasteiger partial charge is 0.0732 e. The van der Waals surface area contributed by atoms with E-state index in [4.69, 9.17) is 0 Å². The van der Waals surface area contributed by atoms with E-state index in [0.717, 1.165) is 12.8 Å². The Balaban J connectivity index is 1.99. The third kappa shape index (κ3) is 2.71. The standard InChI is InChI=1S/C14H19NO/c1-11(12-7-3-2-4-8-12)15-13-9-5-6-10-14(13)16/h2-5,7-9,11,13-16H,6,10H2,1H3/t11-,13+,14+/m1/s1. The van der Waals surface area contributed by atoms with E-state index in [1.54, 1.807) is 0 Å². The fourth-order valence-corrected chi connectivity index (χ4v) is 2.11. The molecule has 0 heterocycles. The first-order valence-corrected chi connectivity index (χ1v) is 5.93. The van der Waals surface area contributed by atoms with Crippen molar-refractivity contribution in [3.05, 3.63) is 48.0 Å². The number of allylic oxidation sites excluding steroid dienone is 1. The SMILES string of the molecule is C[C@@H](N[C@H]1C=CCC[C@@H]1O)c1ccccc1. The minimum Gasteiger partial charge on any atom is -0.391 e.